The molecular weight excluding hydrogens is 171 g/mol. The van der Waals surface area contributed by atoms with E-state index in [1.807, 2.05) is 6.92 Å². The summed E-state index contributed by atoms with van der Waals surface area (Å²) in [5.41, 5.74) is 0. The van der Waals surface area contributed by atoms with Gasteiger partial charge in [-0.1, -0.05) is 6.92 Å². The molecule has 2 N–H and O–H groups in total. The third-order valence-electron chi connectivity index (χ3n) is 0.167. The van der Waals surface area contributed by atoms with E-state index in [1.165, 1.54) is 0 Å². The van der Waals surface area contributed by atoms with E-state index >= 15 is 0 Å². The van der Waals surface area contributed by atoms with Gasteiger partial charge in [-0.05, 0) is 0 Å². The molecule has 0 aromatic carbocycles. The Bertz CT molecular complexity index is 142. The minimum atomic E-state index is -4.67. The van der Waals surface area contributed by atoms with Gasteiger partial charge in [0.2, 0.25) is 0 Å². The molecule has 0 atom stereocenters. The summed E-state index contributed by atoms with van der Waals surface area (Å²) in [6.45, 7) is 1.81. The quantitative estimate of drug-likeness (QED) is 0.316. The Kier molecular flexibility index (Phi) is 16.1. The Morgan fingerprint density at radius 1 is 1.40 bits per heavy atom. The monoisotopic (exact) mass is 180 g/mol. The summed E-state index contributed by atoms with van der Waals surface area (Å²) in [5.74, 6) is 0. The molecular formula is C3H9NaO5S. The topological polar surface area (TPSA) is 91.7 Å². The fourth-order valence-corrected chi connectivity index (χ4v) is 0. The molecule has 0 saturated carbocycles. The molecule has 5 nitrogen and oxygen atoms in total. The predicted octanol–water partition coefficient (Wildman–Crippen LogP) is -0.706. The van der Waals surface area contributed by atoms with Crippen molar-refractivity contribution in [2.45, 2.75) is 13.3 Å². The van der Waals surface area contributed by atoms with Crippen LogP contribution in [-0.4, -0.2) is 53.4 Å². The molecule has 0 aliphatic carbocycles. The van der Waals surface area contributed by atoms with E-state index in [4.69, 9.17) is 17.5 Å². The van der Waals surface area contributed by atoms with E-state index in [2.05, 4.69) is 0 Å². The van der Waals surface area contributed by atoms with Gasteiger partial charge in [-0.3, -0.25) is 9.11 Å². The van der Waals surface area contributed by atoms with Crippen LogP contribution in [0.15, 0.2) is 0 Å². The Morgan fingerprint density at radius 2 is 1.50 bits per heavy atom. The van der Waals surface area contributed by atoms with Crippen LogP contribution >= 0.6 is 0 Å². The second-order valence-corrected chi connectivity index (χ2v) is 1.92. The van der Waals surface area contributed by atoms with Gasteiger partial charge in [0.05, 0.1) is 0 Å². The summed E-state index contributed by atoms with van der Waals surface area (Å²) in [7, 11) is -4.67. The Hall–Kier alpha value is 0.540. The summed E-state index contributed by atoms with van der Waals surface area (Å²) in [4.78, 5) is 9.17. The van der Waals surface area contributed by atoms with Crippen LogP contribution in [0.25, 0.3) is 0 Å². The molecule has 0 aromatic rings. The molecule has 7 heteroatoms. The molecule has 0 bridgehead atoms. The van der Waals surface area contributed by atoms with Crippen molar-refractivity contribution in [2.24, 2.45) is 0 Å². The molecule has 0 aliphatic rings. The number of carbonyl (C=O) groups excluding carboxylic acids is 1. The second-order valence-electron chi connectivity index (χ2n) is 1.02. The first kappa shape index (κ1) is 16.9. The predicted molar refractivity (Wildman–Crippen MR) is 37.7 cm³/mol. The van der Waals surface area contributed by atoms with Crippen molar-refractivity contribution in [2.75, 3.05) is 0 Å². The van der Waals surface area contributed by atoms with Gasteiger partial charge in [-0.25, -0.2) is 0 Å². The number of rotatable bonds is 1. The van der Waals surface area contributed by atoms with Crippen molar-refractivity contribution in [3.63, 3.8) is 0 Å². The number of hydrogen-bond acceptors (Lipinski definition) is 3. The SMILES string of the molecule is CCC=O.O=S(=O)(O)O.[NaH]. The van der Waals surface area contributed by atoms with Gasteiger partial charge in [0.1, 0.15) is 6.29 Å². The molecule has 0 aromatic heterocycles. The molecule has 0 saturated heterocycles. The summed E-state index contributed by atoms with van der Waals surface area (Å²) < 4.78 is 31.6. The van der Waals surface area contributed by atoms with Gasteiger partial charge in [0.25, 0.3) is 0 Å². The summed E-state index contributed by atoms with van der Waals surface area (Å²) >= 11 is 0. The maximum atomic E-state index is 9.17. The van der Waals surface area contributed by atoms with E-state index in [0.717, 1.165) is 6.29 Å². The fraction of sp³-hybridized carbons (Fsp3) is 0.667. The van der Waals surface area contributed by atoms with Crippen molar-refractivity contribution in [3.8, 4) is 0 Å². The second kappa shape index (κ2) is 9.54. The number of carbonyl (C=O) groups is 1. The van der Waals surface area contributed by atoms with E-state index in [0.29, 0.717) is 6.42 Å². The van der Waals surface area contributed by atoms with Crippen molar-refractivity contribution in [3.05, 3.63) is 0 Å². The third kappa shape index (κ3) is 205. The van der Waals surface area contributed by atoms with Crippen molar-refractivity contribution in [1.29, 1.82) is 0 Å². The molecule has 10 heavy (non-hydrogen) atoms. The first-order valence-corrected chi connectivity index (χ1v) is 3.45. The third-order valence-corrected chi connectivity index (χ3v) is 0.167. The zero-order valence-corrected chi connectivity index (χ0v) is 5.63. The molecule has 0 radical (unpaired) electrons. The molecule has 0 fully saturated rings. The van der Waals surface area contributed by atoms with Gasteiger partial charge >= 0.3 is 40.0 Å². The Morgan fingerprint density at radius 3 is 1.50 bits per heavy atom. The first-order chi connectivity index (χ1) is 3.91. The van der Waals surface area contributed by atoms with Crippen molar-refractivity contribution < 1.29 is 22.3 Å². The Labute approximate surface area is 81.7 Å². The van der Waals surface area contributed by atoms with Crippen LogP contribution in [0.1, 0.15) is 13.3 Å². The van der Waals surface area contributed by atoms with Gasteiger partial charge in [0.15, 0.2) is 0 Å². The summed E-state index contributed by atoms with van der Waals surface area (Å²) in [5, 5.41) is 0. The van der Waals surface area contributed by atoms with Gasteiger partial charge in [-0.15, -0.1) is 0 Å². The normalized spacial score (nSPS) is 8.30. The first-order valence-electron chi connectivity index (χ1n) is 2.05. The van der Waals surface area contributed by atoms with Crippen LogP contribution < -0.4 is 0 Å². The number of aldehydes is 1. The molecule has 58 valence electrons. The standard InChI is InChI=1S/C3H6O.Na.H2O4S.H/c1-2-3-4;;1-5(2,3)4;/h3H,2H2,1H3;;(H2,1,2,3,4);. The average Bonchev–Trinajstić information content (AvgIpc) is 1.61. The van der Waals surface area contributed by atoms with Crippen LogP contribution in [-0.2, 0) is 15.2 Å². The molecule has 0 unspecified atom stereocenters. The minimum absolute atomic E-state index is 0. The summed E-state index contributed by atoms with van der Waals surface area (Å²) in [6.07, 6.45) is 1.51. The molecule has 0 rings (SSSR count). The molecule has 0 amide bonds. The van der Waals surface area contributed by atoms with E-state index in [9.17, 15) is 4.79 Å². The number of hydrogen-bond donors (Lipinski definition) is 2. The van der Waals surface area contributed by atoms with Crippen LogP contribution in [0.5, 0.6) is 0 Å². The molecule has 0 spiro atoms. The fourth-order valence-electron chi connectivity index (χ4n) is 0. The van der Waals surface area contributed by atoms with Gasteiger partial charge < -0.3 is 4.79 Å². The molecule has 0 aliphatic heterocycles. The Balaban J connectivity index is -0.0000000910. The molecule has 0 heterocycles. The van der Waals surface area contributed by atoms with Crippen molar-refractivity contribution >= 4 is 46.2 Å². The van der Waals surface area contributed by atoms with Crippen LogP contribution in [0.3, 0.4) is 0 Å². The van der Waals surface area contributed by atoms with Crippen LogP contribution in [0.4, 0.5) is 0 Å². The van der Waals surface area contributed by atoms with E-state index in [1.54, 1.807) is 0 Å². The van der Waals surface area contributed by atoms with Gasteiger partial charge in [-0.2, -0.15) is 8.42 Å². The summed E-state index contributed by atoms with van der Waals surface area (Å²) in [6, 6.07) is 0. The average molecular weight is 180 g/mol. The van der Waals surface area contributed by atoms with E-state index in [-0.39, 0.29) is 29.6 Å². The van der Waals surface area contributed by atoms with Crippen molar-refractivity contribution in [1.82, 2.24) is 0 Å². The maximum absolute atomic E-state index is 9.17. The zero-order chi connectivity index (χ0) is 7.91. The van der Waals surface area contributed by atoms with Crippen LogP contribution in [0.2, 0.25) is 0 Å². The van der Waals surface area contributed by atoms with Crippen LogP contribution in [0, 0.1) is 0 Å². The zero-order valence-electron chi connectivity index (χ0n) is 4.81. The van der Waals surface area contributed by atoms with Gasteiger partial charge in [0, 0.05) is 6.42 Å². The van der Waals surface area contributed by atoms with E-state index < -0.39 is 10.4 Å².